The summed E-state index contributed by atoms with van der Waals surface area (Å²) in [7, 11) is -2.55. The Kier molecular flexibility index (Phi) is 27.3. The predicted molar refractivity (Wildman–Crippen MR) is 131 cm³/mol. The Morgan fingerprint density at radius 3 is 1.12 bits per heavy atom. The van der Waals surface area contributed by atoms with Gasteiger partial charge in [0.05, 0.1) is 0 Å². The summed E-state index contributed by atoms with van der Waals surface area (Å²) in [6.45, 7) is 3.55. The average Bonchev–Trinajstić information content (AvgIpc) is 2.76. The fourth-order valence-corrected chi connectivity index (χ4v) is 5.63. The Morgan fingerprint density at radius 1 is 0.676 bits per heavy atom. The molecule has 7 nitrogen and oxygen atoms in total. The Morgan fingerprint density at radius 2 is 0.912 bits per heavy atom. The second-order valence-electron chi connectivity index (χ2n) is 5.90. The fraction of sp³-hybridized carbons (Fsp3) is 0.0870. The minimum atomic E-state index is -2.55. The predicted octanol–water partition coefficient (Wildman–Crippen LogP) is 2.33. The maximum atomic E-state index is 10.7. The third-order valence-corrected chi connectivity index (χ3v) is 6.92. The van der Waals surface area contributed by atoms with E-state index in [1.54, 1.807) is 0 Å². The molecular weight excluding hydrogens is 791 g/mol. The number of carbonyl (C=O) groups excluding carboxylic acids is 1. The Hall–Kier alpha value is 1.23. The Balaban J connectivity index is -0.000000767. The minimum absolute atomic E-state index is 0. The van der Waals surface area contributed by atoms with Gasteiger partial charge in [-0.25, -0.2) is 0 Å². The van der Waals surface area contributed by atoms with Crippen LogP contribution in [0.25, 0.3) is 0 Å². The zero-order chi connectivity index (χ0) is 23.1. The Labute approximate surface area is 331 Å². The van der Waals surface area contributed by atoms with Crippen LogP contribution in [0.5, 0.6) is 0 Å². The second-order valence-corrected chi connectivity index (χ2v) is 8.81. The van der Waals surface area contributed by atoms with E-state index in [2.05, 4.69) is 0 Å². The molecule has 3 aromatic carbocycles. The molecule has 2 N–H and O–H groups in total. The van der Waals surface area contributed by atoms with Crippen LogP contribution in [0.2, 0.25) is 0 Å². The molecule has 0 bridgehead atoms. The zero-order valence-corrected chi connectivity index (χ0v) is 34.4. The van der Waals surface area contributed by atoms with Crippen molar-refractivity contribution >= 4 is 180 Å². The molecule has 0 saturated heterocycles. The SMILES string of the molecule is CC(=O)O.CC(=O)O.O=[C-]OO[P+](c1ccccc1)(c1ccccc1)c1ccccc1.[Cs].[Cs].[Pd]. The maximum absolute atomic E-state index is 10.7. The van der Waals surface area contributed by atoms with Crippen molar-refractivity contribution in [3.8, 4) is 0 Å². The molecule has 34 heavy (non-hydrogen) atoms. The smallest absolute Gasteiger partial charge is 0.300 e. The van der Waals surface area contributed by atoms with Gasteiger partial charge < -0.3 is 19.9 Å². The molecular formula is C23H23Cs2O7PPd. The first kappa shape index (κ1) is 39.7. The number of carboxylic acid groups (broad SMARTS) is 2. The summed E-state index contributed by atoms with van der Waals surface area (Å²) < 4.78 is 5.72. The van der Waals surface area contributed by atoms with Gasteiger partial charge in [0.15, 0.2) is 0 Å². The van der Waals surface area contributed by atoms with E-state index in [0.717, 1.165) is 29.8 Å². The summed E-state index contributed by atoms with van der Waals surface area (Å²) in [5, 5.41) is 17.7. The fourth-order valence-electron chi connectivity index (χ4n) is 2.56. The van der Waals surface area contributed by atoms with Crippen molar-refractivity contribution in [1.82, 2.24) is 0 Å². The molecule has 0 amide bonds. The molecule has 0 spiro atoms. The molecule has 0 heterocycles. The van der Waals surface area contributed by atoms with E-state index >= 15 is 0 Å². The standard InChI is InChI=1S/C19H15O3P.2C2H4O2.2Cs.Pd/c20-16-21-22-23(17-10-4-1-5-11-17,18-12-6-2-7-13-18)19-14-8-3-9-15-19;2*1-2(3)4;;;/h1-15H;2*1H3,(H,3,4);;;. The number of benzene rings is 3. The van der Waals surface area contributed by atoms with E-state index in [4.69, 9.17) is 29.4 Å². The largest absolute Gasteiger partial charge is 0.495 e. The first-order valence-corrected chi connectivity index (χ1v) is 10.7. The third kappa shape index (κ3) is 14.8. The van der Waals surface area contributed by atoms with Crippen molar-refractivity contribution in [2.75, 3.05) is 0 Å². The van der Waals surface area contributed by atoms with Gasteiger partial charge in [0.2, 0.25) is 0 Å². The molecule has 0 aliphatic carbocycles. The van der Waals surface area contributed by atoms with Crippen molar-refractivity contribution in [3.05, 3.63) is 91.0 Å². The molecule has 0 aliphatic rings. The van der Waals surface area contributed by atoms with Crippen molar-refractivity contribution in [2.45, 2.75) is 13.8 Å². The first-order valence-electron chi connectivity index (χ1n) is 9.02. The summed E-state index contributed by atoms with van der Waals surface area (Å²) in [4.78, 5) is 33.4. The van der Waals surface area contributed by atoms with Gasteiger partial charge in [-0.05, 0) is 42.9 Å². The molecule has 0 unspecified atom stereocenters. The van der Waals surface area contributed by atoms with Gasteiger partial charge in [-0.2, -0.15) is 0 Å². The van der Waals surface area contributed by atoms with Crippen LogP contribution in [0.4, 0.5) is 0 Å². The molecule has 0 aliphatic heterocycles. The monoisotopic (exact) mass is 814 g/mol. The summed E-state index contributed by atoms with van der Waals surface area (Å²) in [5.74, 6) is -1.67. The van der Waals surface area contributed by atoms with Crippen LogP contribution >= 0.6 is 7.49 Å². The van der Waals surface area contributed by atoms with Crippen LogP contribution in [-0.4, -0.2) is 166 Å². The third-order valence-electron chi connectivity index (χ3n) is 3.54. The number of carboxylic acids is 2. The van der Waals surface area contributed by atoms with Crippen LogP contribution in [0.1, 0.15) is 13.8 Å². The van der Waals surface area contributed by atoms with Crippen molar-refractivity contribution in [1.29, 1.82) is 0 Å². The van der Waals surface area contributed by atoms with E-state index < -0.39 is 19.4 Å². The number of hydrogen-bond acceptors (Lipinski definition) is 5. The molecule has 0 fully saturated rings. The molecule has 174 valence electrons. The number of aliphatic carboxylic acids is 2. The number of carbonyl (C=O) groups is 2. The number of hydrogen-bond donors (Lipinski definition) is 2. The zero-order valence-electron chi connectivity index (χ0n) is 19.4. The molecule has 0 saturated carbocycles. The summed E-state index contributed by atoms with van der Waals surface area (Å²) >= 11 is 0. The second kappa shape index (κ2) is 23.4. The van der Waals surface area contributed by atoms with Crippen LogP contribution in [0.3, 0.4) is 0 Å². The van der Waals surface area contributed by atoms with Crippen LogP contribution in [-0.2, 0) is 44.4 Å². The van der Waals surface area contributed by atoms with Gasteiger partial charge in [-0.1, -0.05) is 59.3 Å². The molecule has 0 atom stereocenters. The Bertz CT molecular complexity index is 833. The van der Waals surface area contributed by atoms with Gasteiger partial charge in [0.1, 0.15) is 15.9 Å². The minimum Gasteiger partial charge on any atom is -0.495 e. The quantitative estimate of drug-likeness (QED) is 0.129. The van der Waals surface area contributed by atoms with E-state index in [1.807, 2.05) is 91.0 Å². The molecule has 0 aromatic heterocycles. The van der Waals surface area contributed by atoms with Gasteiger partial charge in [-0.3, -0.25) is 9.59 Å². The van der Waals surface area contributed by atoms with Crippen LogP contribution in [0.15, 0.2) is 91.0 Å². The van der Waals surface area contributed by atoms with Crippen molar-refractivity contribution in [2.24, 2.45) is 0 Å². The van der Waals surface area contributed by atoms with Gasteiger partial charge in [0.25, 0.3) is 19.4 Å². The molecule has 11 heteroatoms. The van der Waals surface area contributed by atoms with Gasteiger partial charge in [0, 0.05) is 172 Å². The van der Waals surface area contributed by atoms with E-state index in [9.17, 15) is 4.79 Å². The first-order chi connectivity index (χ1) is 14.8. The van der Waals surface area contributed by atoms with Crippen molar-refractivity contribution < 1.29 is 54.6 Å². The van der Waals surface area contributed by atoms with E-state index in [0.29, 0.717) is 0 Å². The van der Waals surface area contributed by atoms with Crippen molar-refractivity contribution in [3.63, 3.8) is 0 Å². The normalized spacial score (nSPS) is 8.88. The van der Waals surface area contributed by atoms with Crippen LogP contribution in [0, 0.1) is 0 Å². The summed E-state index contributed by atoms with van der Waals surface area (Å²) in [5.41, 5.74) is 0. The number of rotatable bonds is 6. The average molecular weight is 815 g/mol. The van der Waals surface area contributed by atoms with Gasteiger partial charge in [-0.15, -0.1) is 0 Å². The maximum Gasteiger partial charge on any atom is 0.300 e. The van der Waals surface area contributed by atoms with E-state index in [-0.39, 0.29) is 158 Å². The van der Waals surface area contributed by atoms with E-state index in [1.165, 1.54) is 6.47 Å². The summed E-state index contributed by atoms with van der Waals surface area (Å²) in [6, 6.07) is 29.5. The van der Waals surface area contributed by atoms with Gasteiger partial charge >= 0.3 is 0 Å². The topological polar surface area (TPSA) is 110 Å². The molecule has 3 aromatic rings. The van der Waals surface area contributed by atoms with Crippen LogP contribution < -0.4 is 15.9 Å². The molecule has 3 rings (SSSR count). The summed E-state index contributed by atoms with van der Waals surface area (Å²) in [6.07, 6.45) is 0. The molecule has 2 radical (unpaired) electrons.